The van der Waals surface area contributed by atoms with Crippen molar-refractivity contribution in [3.8, 4) is 0 Å². The zero-order valence-electron chi connectivity index (χ0n) is 16.8. The summed E-state index contributed by atoms with van der Waals surface area (Å²) in [5.74, 6) is -0.507. The summed E-state index contributed by atoms with van der Waals surface area (Å²) in [6, 6.07) is 14.3. The van der Waals surface area contributed by atoms with Crippen LogP contribution >= 0.6 is 34.5 Å². The molecule has 0 aliphatic carbocycles. The summed E-state index contributed by atoms with van der Waals surface area (Å²) in [5, 5.41) is 3.84. The summed E-state index contributed by atoms with van der Waals surface area (Å²) < 4.78 is 25.3. The lowest BCUT2D eigenvalue weighted by molar-refractivity contribution is 0.104. The number of hydrogen-bond donors (Lipinski definition) is 2. The molecule has 0 bridgehead atoms. The number of nitrogen functional groups attached to an aromatic ring is 1. The molecule has 2 aromatic carbocycles. The molecule has 2 heterocycles. The van der Waals surface area contributed by atoms with E-state index < -0.39 is 15.6 Å². The van der Waals surface area contributed by atoms with Crippen LogP contribution in [-0.2, 0) is 15.6 Å². The number of carbonyl (C=O) groups is 1. The van der Waals surface area contributed by atoms with Gasteiger partial charge in [0.15, 0.2) is 15.0 Å². The van der Waals surface area contributed by atoms with Gasteiger partial charge in [0, 0.05) is 18.1 Å². The molecule has 0 amide bonds. The molecule has 2 aromatic heterocycles. The van der Waals surface area contributed by atoms with Gasteiger partial charge in [0.1, 0.15) is 10.7 Å². The van der Waals surface area contributed by atoms with Gasteiger partial charge in [-0.2, -0.15) is 0 Å². The van der Waals surface area contributed by atoms with Gasteiger partial charge in [0.25, 0.3) is 0 Å². The Labute approximate surface area is 204 Å². The lowest BCUT2D eigenvalue weighted by atomic mass is 10.1. The Morgan fingerprint density at radius 2 is 1.64 bits per heavy atom. The molecule has 0 aliphatic heterocycles. The first-order valence-electron chi connectivity index (χ1n) is 9.48. The van der Waals surface area contributed by atoms with Gasteiger partial charge in [0.05, 0.1) is 26.3 Å². The van der Waals surface area contributed by atoms with Gasteiger partial charge < -0.3 is 11.1 Å². The van der Waals surface area contributed by atoms with Gasteiger partial charge in [-0.1, -0.05) is 40.6 Å². The van der Waals surface area contributed by atoms with Crippen LogP contribution in [0.25, 0.3) is 0 Å². The Morgan fingerprint density at radius 1 is 1.00 bits per heavy atom. The predicted molar refractivity (Wildman–Crippen MR) is 131 cm³/mol. The van der Waals surface area contributed by atoms with Crippen LogP contribution in [0.15, 0.2) is 71.9 Å². The van der Waals surface area contributed by atoms with Crippen molar-refractivity contribution in [2.75, 3.05) is 11.1 Å². The van der Waals surface area contributed by atoms with Crippen molar-refractivity contribution in [1.82, 2.24) is 9.97 Å². The maximum atomic E-state index is 12.9. The molecule has 0 aliphatic rings. The van der Waals surface area contributed by atoms with E-state index in [2.05, 4.69) is 15.3 Å². The van der Waals surface area contributed by atoms with Crippen LogP contribution in [0.5, 0.6) is 0 Å². The van der Waals surface area contributed by atoms with E-state index in [4.69, 9.17) is 28.9 Å². The van der Waals surface area contributed by atoms with Crippen LogP contribution < -0.4 is 11.1 Å². The molecule has 0 saturated carbocycles. The smallest absolute Gasteiger partial charge is 0.209 e. The third-order valence-electron chi connectivity index (χ3n) is 4.62. The highest BCUT2D eigenvalue weighted by atomic mass is 35.5. The summed E-state index contributed by atoms with van der Waals surface area (Å²) >= 11 is 13.3. The number of ketones is 1. The first kappa shape index (κ1) is 23.2. The zero-order chi connectivity index (χ0) is 23.6. The van der Waals surface area contributed by atoms with Crippen molar-refractivity contribution in [3.63, 3.8) is 0 Å². The number of nitrogens with zero attached hydrogens (tertiary/aromatic N) is 2. The second-order valence-corrected chi connectivity index (χ2v) is 10.7. The Bertz CT molecular complexity index is 1400. The van der Waals surface area contributed by atoms with E-state index in [-0.39, 0.29) is 37.0 Å². The number of hydrogen-bond acceptors (Lipinski definition) is 8. The van der Waals surface area contributed by atoms with Gasteiger partial charge in [0.2, 0.25) is 5.78 Å². The molecule has 0 fully saturated rings. The molecule has 11 heteroatoms. The number of pyridine rings is 1. The lowest BCUT2D eigenvalue weighted by Gasteiger charge is -2.07. The first-order chi connectivity index (χ1) is 15.7. The van der Waals surface area contributed by atoms with Gasteiger partial charge >= 0.3 is 0 Å². The molecular weight excluding hydrogens is 503 g/mol. The molecule has 7 nitrogen and oxygen atoms in total. The first-order valence-corrected chi connectivity index (χ1v) is 12.7. The summed E-state index contributed by atoms with van der Waals surface area (Å²) in [5.41, 5.74) is 7.35. The lowest BCUT2D eigenvalue weighted by Crippen LogP contribution is -2.05. The summed E-state index contributed by atoms with van der Waals surface area (Å²) in [7, 11) is -3.51. The van der Waals surface area contributed by atoms with E-state index >= 15 is 0 Å². The van der Waals surface area contributed by atoms with E-state index in [1.807, 2.05) is 0 Å². The molecule has 0 atom stereocenters. The van der Waals surface area contributed by atoms with E-state index in [9.17, 15) is 13.2 Å². The molecule has 0 saturated heterocycles. The maximum Gasteiger partial charge on any atom is 0.209 e. The number of anilines is 3. The Balaban J connectivity index is 1.52. The van der Waals surface area contributed by atoms with Crippen molar-refractivity contribution in [1.29, 1.82) is 0 Å². The molecule has 4 rings (SSSR count). The third kappa shape index (κ3) is 5.17. The largest absolute Gasteiger partial charge is 0.382 e. The van der Waals surface area contributed by atoms with Crippen LogP contribution in [-0.4, -0.2) is 24.2 Å². The van der Waals surface area contributed by atoms with E-state index in [0.29, 0.717) is 16.4 Å². The highest BCUT2D eigenvalue weighted by molar-refractivity contribution is 7.90. The number of nitrogens with two attached hydrogens (primary N) is 1. The van der Waals surface area contributed by atoms with Crippen molar-refractivity contribution in [3.05, 3.63) is 93.0 Å². The summed E-state index contributed by atoms with van der Waals surface area (Å²) in [4.78, 5) is 21.4. The van der Waals surface area contributed by atoms with Crippen molar-refractivity contribution < 1.29 is 13.2 Å². The maximum absolute atomic E-state index is 12.9. The molecule has 3 N–H and O–H groups in total. The Hall–Kier alpha value is -2.98. The average molecular weight is 519 g/mol. The Kier molecular flexibility index (Phi) is 6.66. The van der Waals surface area contributed by atoms with E-state index in [1.165, 1.54) is 12.1 Å². The van der Waals surface area contributed by atoms with Crippen LogP contribution in [0.1, 0.15) is 20.8 Å². The average Bonchev–Trinajstić information content (AvgIpc) is 3.14. The van der Waals surface area contributed by atoms with Crippen LogP contribution in [0, 0.1) is 0 Å². The molecule has 0 radical (unpaired) electrons. The molecule has 168 valence electrons. The normalized spacial score (nSPS) is 11.3. The second-order valence-electron chi connectivity index (χ2n) is 6.92. The van der Waals surface area contributed by atoms with E-state index in [0.717, 1.165) is 11.3 Å². The van der Waals surface area contributed by atoms with Gasteiger partial charge in [-0.3, -0.25) is 9.78 Å². The standard InChI is InChI=1S/C22H16Cl2N4O3S2/c23-16-2-1-3-17(24)18(16)19(29)20-21(25)28-22(32-20)27-14-4-6-15(7-5-14)33(30,31)12-13-8-10-26-11-9-13/h1-11H,12,25H2,(H,27,28). The van der Waals surface area contributed by atoms with Gasteiger partial charge in [-0.05, 0) is 54.1 Å². The second kappa shape index (κ2) is 9.48. The number of thiazole rings is 1. The van der Waals surface area contributed by atoms with Gasteiger partial charge in [-0.25, -0.2) is 13.4 Å². The minimum absolute atomic E-state index is 0.0417. The predicted octanol–water partition coefficient (Wildman–Crippen LogP) is 5.38. The van der Waals surface area contributed by atoms with Crippen LogP contribution in [0.2, 0.25) is 10.0 Å². The van der Waals surface area contributed by atoms with E-state index in [1.54, 1.807) is 54.9 Å². The van der Waals surface area contributed by atoms with Crippen molar-refractivity contribution >= 4 is 66.8 Å². The molecule has 0 unspecified atom stereocenters. The number of carbonyl (C=O) groups excluding carboxylic acids is 1. The molecular formula is C22H16Cl2N4O3S2. The minimum Gasteiger partial charge on any atom is -0.382 e. The number of aromatic nitrogens is 2. The third-order valence-corrected chi connectivity index (χ3v) is 7.94. The topological polar surface area (TPSA) is 115 Å². The molecule has 0 spiro atoms. The number of halogens is 2. The zero-order valence-corrected chi connectivity index (χ0v) is 20.0. The fourth-order valence-corrected chi connectivity index (χ4v) is 5.80. The quantitative estimate of drug-likeness (QED) is 0.315. The number of sulfone groups is 1. The highest BCUT2D eigenvalue weighted by Crippen LogP contribution is 2.34. The highest BCUT2D eigenvalue weighted by Gasteiger charge is 2.23. The number of rotatable bonds is 7. The summed E-state index contributed by atoms with van der Waals surface area (Å²) in [6.45, 7) is 0. The SMILES string of the molecule is Nc1nc(Nc2ccc(S(=O)(=O)Cc3ccncc3)cc2)sc1C(=O)c1c(Cl)cccc1Cl. The van der Waals surface area contributed by atoms with Crippen LogP contribution in [0.3, 0.4) is 0 Å². The molecule has 33 heavy (non-hydrogen) atoms. The monoisotopic (exact) mass is 518 g/mol. The summed E-state index contributed by atoms with van der Waals surface area (Å²) in [6.07, 6.45) is 3.10. The Morgan fingerprint density at radius 3 is 2.27 bits per heavy atom. The number of benzene rings is 2. The van der Waals surface area contributed by atoms with Gasteiger partial charge in [-0.15, -0.1) is 0 Å². The number of nitrogens with one attached hydrogen (secondary N) is 1. The van der Waals surface area contributed by atoms with Crippen LogP contribution in [0.4, 0.5) is 16.6 Å². The fourth-order valence-electron chi connectivity index (χ4n) is 3.03. The minimum atomic E-state index is -3.51. The van der Waals surface area contributed by atoms with Crippen molar-refractivity contribution in [2.24, 2.45) is 0 Å². The van der Waals surface area contributed by atoms with Crippen molar-refractivity contribution in [2.45, 2.75) is 10.6 Å². The molecule has 4 aromatic rings. The fraction of sp³-hybridized carbons (Fsp3) is 0.0455.